The van der Waals surface area contributed by atoms with Crippen LogP contribution in [-0.2, 0) is 4.74 Å². The van der Waals surface area contributed by atoms with Crippen LogP contribution in [0.25, 0.3) is 0 Å². The van der Waals surface area contributed by atoms with Gasteiger partial charge in [-0.05, 0) is 12.1 Å². The van der Waals surface area contributed by atoms with Gasteiger partial charge in [-0.15, -0.1) is 0 Å². The van der Waals surface area contributed by atoms with Crippen molar-refractivity contribution in [2.24, 2.45) is 5.10 Å². The van der Waals surface area contributed by atoms with Crippen LogP contribution < -0.4 is 5.43 Å². The predicted molar refractivity (Wildman–Crippen MR) is 64.5 cm³/mol. The molecule has 2 N–H and O–H groups in total. The third-order valence-corrected chi connectivity index (χ3v) is 1.87. The number of nitrogens with one attached hydrogen (secondary N) is 2. The van der Waals surface area contributed by atoms with Gasteiger partial charge in [0.1, 0.15) is 11.8 Å². The van der Waals surface area contributed by atoms with E-state index < -0.39 is 0 Å². The Kier molecular flexibility index (Phi) is 5.50. The summed E-state index contributed by atoms with van der Waals surface area (Å²) in [6, 6.07) is 1.57. The SMILES string of the molecule is CC.O=C(N/N=C/C1CC=CO1)c1ccn[nH]1. The molecule has 0 saturated heterocycles. The zero-order chi connectivity index (χ0) is 12.5. The molecule has 0 aromatic carbocycles. The second kappa shape index (κ2) is 7.21. The van der Waals surface area contributed by atoms with Gasteiger partial charge >= 0.3 is 0 Å². The third kappa shape index (κ3) is 4.10. The molecule has 1 amide bonds. The first-order chi connectivity index (χ1) is 8.36. The maximum atomic E-state index is 11.3. The lowest BCUT2D eigenvalue weighted by molar-refractivity contribution is 0.0949. The third-order valence-electron chi connectivity index (χ3n) is 1.87. The first-order valence-corrected chi connectivity index (χ1v) is 5.49. The van der Waals surface area contributed by atoms with Crippen LogP contribution in [0.2, 0.25) is 0 Å². The highest BCUT2D eigenvalue weighted by Gasteiger charge is 2.08. The van der Waals surface area contributed by atoms with Crippen LogP contribution in [0.15, 0.2) is 29.7 Å². The van der Waals surface area contributed by atoms with Crippen molar-refractivity contribution in [1.29, 1.82) is 0 Å². The Labute approximate surface area is 99.7 Å². The highest BCUT2D eigenvalue weighted by Crippen LogP contribution is 2.05. The summed E-state index contributed by atoms with van der Waals surface area (Å²) < 4.78 is 5.12. The molecule has 92 valence electrons. The standard InChI is InChI=1S/C9H10N4O2.C2H6/c14-9(8-3-4-10-12-8)13-11-6-7-2-1-5-15-7;1-2/h1,3-7H,2H2,(H,10,12)(H,13,14);1-2H3/b11-6+;. The minimum Gasteiger partial charge on any atom is -0.492 e. The molecule has 1 aromatic heterocycles. The lowest BCUT2D eigenvalue weighted by Gasteiger charge is -2.02. The van der Waals surface area contributed by atoms with Crippen LogP contribution in [0.3, 0.4) is 0 Å². The Bertz CT molecular complexity index is 376. The molecule has 0 radical (unpaired) electrons. The fourth-order valence-electron chi connectivity index (χ4n) is 1.12. The lowest BCUT2D eigenvalue weighted by Crippen LogP contribution is -2.19. The smallest absolute Gasteiger partial charge is 0.289 e. The molecule has 1 unspecified atom stereocenters. The van der Waals surface area contributed by atoms with E-state index in [1.54, 1.807) is 18.5 Å². The van der Waals surface area contributed by atoms with Crippen molar-refractivity contribution in [2.75, 3.05) is 0 Å². The number of carbonyl (C=O) groups is 1. The number of hydrogen-bond acceptors (Lipinski definition) is 4. The summed E-state index contributed by atoms with van der Waals surface area (Å²) in [5.74, 6) is -0.324. The van der Waals surface area contributed by atoms with Crippen LogP contribution in [0.1, 0.15) is 30.8 Å². The van der Waals surface area contributed by atoms with E-state index in [9.17, 15) is 4.79 Å². The van der Waals surface area contributed by atoms with E-state index in [0.717, 1.165) is 6.42 Å². The minimum absolute atomic E-state index is 0.0768. The highest BCUT2D eigenvalue weighted by molar-refractivity contribution is 5.92. The molecule has 17 heavy (non-hydrogen) atoms. The molecule has 1 aromatic rings. The van der Waals surface area contributed by atoms with Gasteiger partial charge in [-0.3, -0.25) is 9.89 Å². The fourth-order valence-corrected chi connectivity index (χ4v) is 1.12. The topological polar surface area (TPSA) is 79.4 Å². The van der Waals surface area contributed by atoms with E-state index in [4.69, 9.17) is 4.74 Å². The van der Waals surface area contributed by atoms with Crippen molar-refractivity contribution in [3.8, 4) is 0 Å². The van der Waals surface area contributed by atoms with E-state index in [-0.39, 0.29) is 12.0 Å². The van der Waals surface area contributed by atoms with Gasteiger partial charge in [0.25, 0.3) is 5.91 Å². The molecule has 0 bridgehead atoms. The van der Waals surface area contributed by atoms with Gasteiger partial charge in [-0.2, -0.15) is 10.2 Å². The minimum atomic E-state index is -0.324. The molecule has 2 rings (SSSR count). The molecule has 1 aliphatic rings. The van der Waals surface area contributed by atoms with Gasteiger partial charge in [0.15, 0.2) is 0 Å². The average molecular weight is 236 g/mol. The first-order valence-electron chi connectivity index (χ1n) is 5.49. The van der Waals surface area contributed by atoms with Gasteiger partial charge in [-0.1, -0.05) is 13.8 Å². The van der Waals surface area contributed by atoms with E-state index in [1.165, 1.54) is 6.20 Å². The largest absolute Gasteiger partial charge is 0.492 e. The van der Waals surface area contributed by atoms with Gasteiger partial charge < -0.3 is 4.74 Å². The Morgan fingerprint density at radius 3 is 3.12 bits per heavy atom. The number of aromatic amines is 1. The van der Waals surface area contributed by atoms with Crippen LogP contribution in [-0.4, -0.2) is 28.4 Å². The monoisotopic (exact) mass is 236 g/mol. The van der Waals surface area contributed by atoms with Crippen molar-refractivity contribution in [3.63, 3.8) is 0 Å². The van der Waals surface area contributed by atoms with E-state index in [0.29, 0.717) is 5.69 Å². The number of aromatic nitrogens is 2. The van der Waals surface area contributed by atoms with Crippen molar-refractivity contribution in [2.45, 2.75) is 26.4 Å². The normalized spacial score (nSPS) is 17.4. The summed E-state index contributed by atoms with van der Waals surface area (Å²) in [5.41, 5.74) is 2.74. The second-order valence-electron chi connectivity index (χ2n) is 2.97. The number of carbonyl (C=O) groups excluding carboxylic acids is 1. The van der Waals surface area contributed by atoms with Crippen LogP contribution >= 0.6 is 0 Å². The Hall–Kier alpha value is -2.11. The van der Waals surface area contributed by atoms with Crippen LogP contribution in [0.4, 0.5) is 0 Å². The van der Waals surface area contributed by atoms with E-state index >= 15 is 0 Å². The van der Waals surface area contributed by atoms with Gasteiger partial charge in [0.2, 0.25) is 0 Å². The fraction of sp³-hybridized carbons (Fsp3) is 0.364. The first kappa shape index (κ1) is 13.0. The van der Waals surface area contributed by atoms with E-state index in [2.05, 4.69) is 20.7 Å². The number of H-pyrrole nitrogens is 1. The summed E-state index contributed by atoms with van der Waals surface area (Å²) >= 11 is 0. The number of amides is 1. The number of rotatable bonds is 3. The van der Waals surface area contributed by atoms with Crippen LogP contribution in [0, 0.1) is 0 Å². The molecule has 6 nitrogen and oxygen atoms in total. The maximum Gasteiger partial charge on any atom is 0.289 e. The van der Waals surface area contributed by atoms with Crippen molar-refractivity contribution >= 4 is 12.1 Å². The van der Waals surface area contributed by atoms with Crippen molar-refractivity contribution in [1.82, 2.24) is 15.6 Å². The molecule has 2 heterocycles. The summed E-state index contributed by atoms with van der Waals surface area (Å²) in [6.07, 6.45) is 7.27. The van der Waals surface area contributed by atoms with Gasteiger partial charge in [-0.25, -0.2) is 5.43 Å². The molecular weight excluding hydrogens is 220 g/mol. The molecule has 1 atom stereocenters. The Morgan fingerprint density at radius 1 is 1.71 bits per heavy atom. The Morgan fingerprint density at radius 2 is 2.53 bits per heavy atom. The Balaban J connectivity index is 0.000000686. The second-order valence-corrected chi connectivity index (χ2v) is 2.97. The maximum absolute atomic E-state index is 11.3. The molecule has 1 aliphatic heterocycles. The molecule has 0 aliphatic carbocycles. The van der Waals surface area contributed by atoms with Crippen molar-refractivity contribution in [3.05, 3.63) is 30.3 Å². The van der Waals surface area contributed by atoms with Gasteiger partial charge in [0, 0.05) is 12.6 Å². The van der Waals surface area contributed by atoms with E-state index in [1.807, 2.05) is 19.9 Å². The van der Waals surface area contributed by atoms with Crippen molar-refractivity contribution < 1.29 is 9.53 Å². The number of ether oxygens (including phenoxy) is 1. The molecule has 0 saturated carbocycles. The van der Waals surface area contributed by atoms with Gasteiger partial charge in [0.05, 0.1) is 12.5 Å². The summed E-state index contributed by atoms with van der Waals surface area (Å²) in [5, 5.41) is 9.96. The number of hydrogen-bond donors (Lipinski definition) is 2. The quantitative estimate of drug-likeness (QED) is 0.616. The number of hydrazone groups is 1. The summed E-state index contributed by atoms with van der Waals surface area (Å²) in [6.45, 7) is 4.00. The lowest BCUT2D eigenvalue weighted by atomic mass is 10.3. The number of nitrogens with zero attached hydrogens (tertiary/aromatic N) is 2. The molecular formula is C11H16N4O2. The van der Waals surface area contributed by atoms with Crippen LogP contribution in [0.5, 0.6) is 0 Å². The molecule has 0 spiro atoms. The predicted octanol–water partition coefficient (Wildman–Crippen LogP) is 1.45. The molecule has 0 fully saturated rings. The molecule has 6 heteroatoms. The zero-order valence-electron chi connectivity index (χ0n) is 9.88. The zero-order valence-corrected chi connectivity index (χ0v) is 9.88. The average Bonchev–Trinajstić information content (AvgIpc) is 3.04. The summed E-state index contributed by atoms with van der Waals surface area (Å²) in [4.78, 5) is 11.3. The highest BCUT2D eigenvalue weighted by atomic mass is 16.5. The summed E-state index contributed by atoms with van der Waals surface area (Å²) in [7, 11) is 0.